The molecule has 0 aromatic heterocycles. The molecule has 45 heteroatoms. The van der Waals surface area contributed by atoms with Gasteiger partial charge in [0.2, 0.25) is 0 Å². The molecule has 42 nitrogen and oxygen atoms in total. The van der Waals surface area contributed by atoms with Crippen molar-refractivity contribution in [1.82, 2.24) is 0 Å². The maximum atomic E-state index is 11.1. The molecule has 130 heavy (non-hydrogen) atoms. The molecule has 784 valence electrons. The molecule has 0 saturated heterocycles. The molecule has 0 spiro atoms. The van der Waals surface area contributed by atoms with E-state index >= 15 is 0 Å². The fraction of sp³-hybridized carbons (Fsp3) is 0.741. The number of ether oxygens (including phenoxy) is 11. The van der Waals surface area contributed by atoms with Crippen molar-refractivity contribution >= 4 is 157 Å². The predicted molar refractivity (Wildman–Crippen MR) is 511 cm³/mol. The number of hydrogen-bond acceptors (Lipinski definition) is 36. The number of thiol groups is 3. The van der Waals surface area contributed by atoms with E-state index < -0.39 is 119 Å². The summed E-state index contributed by atoms with van der Waals surface area (Å²) >= 11 is 11.2. The van der Waals surface area contributed by atoms with Crippen LogP contribution in [0.2, 0.25) is 0 Å². The highest BCUT2D eigenvalue weighted by Crippen LogP contribution is 2.13. The minimum absolute atomic E-state index is 0. The third-order valence-electron chi connectivity index (χ3n) is 11.7. The number of esters is 11. The lowest BCUT2D eigenvalue weighted by molar-refractivity contribution is -0.166. The van der Waals surface area contributed by atoms with Crippen molar-refractivity contribution in [2.45, 2.75) is 326 Å². The van der Waals surface area contributed by atoms with E-state index in [1.165, 1.54) is 54.6 Å². The van der Waals surface area contributed by atoms with Gasteiger partial charge in [-0.2, -0.15) is 37.9 Å². The first kappa shape index (κ1) is 181. The van der Waals surface area contributed by atoms with Crippen LogP contribution in [0.3, 0.4) is 0 Å². The van der Waals surface area contributed by atoms with Crippen molar-refractivity contribution < 1.29 is 189 Å². The maximum absolute atomic E-state index is 11.1. The number of methoxy groups -OCH3 is 1. The Labute approximate surface area is 792 Å². The fourth-order valence-corrected chi connectivity index (χ4v) is 5.21. The Hall–Kier alpha value is -9.89. The Kier molecular flexibility index (Phi) is 174. The minimum atomic E-state index is -1.58. The van der Waals surface area contributed by atoms with E-state index in [1.54, 1.807) is 76.2 Å². The van der Waals surface area contributed by atoms with Crippen LogP contribution < -0.4 is 11.5 Å². The van der Waals surface area contributed by atoms with Crippen molar-refractivity contribution in [3.8, 4) is 0 Å². The molecule has 4 atom stereocenters. The van der Waals surface area contributed by atoms with Gasteiger partial charge in [0, 0.05) is 69.4 Å². The van der Waals surface area contributed by atoms with E-state index in [4.69, 9.17) is 91.3 Å². The van der Waals surface area contributed by atoms with Crippen LogP contribution in [0.4, 0.5) is 0 Å². The first-order valence-corrected chi connectivity index (χ1v) is 38.7. The number of carboxylic acid groups (broad SMARTS) is 8. The average molecular weight is 1960 g/mol. The molecule has 4 unspecified atom stereocenters. The van der Waals surface area contributed by atoms with Crippen molar-refractivity contribution in [2.24, 2.45) is 29.2 Å². The predicted octanol–water partition coefficient (Wildman–Crippen LogP) is 13.6. The third-order valence-corrected chi connectivity index (χ3v) is 12.5. The number of nitrogens with one attached hydrogen (secondary N) is 1. The topological polar surface area (TPSA) is 684 Å². The van der Waals surface area contributed by atoms with Crippen molar-refractivity contribution in [3.05, 3.63) is 11.6 Å². The number of aliphatic carboxylic acids is 8. The monoisotopic (exact) mass is 1960 g/mol. The maximum Gasteiger partial charge on any atom is 0.335 e. The zero-order chi connectivity index (χ0) is 96.0. The van der Waals surface area contributed by atoms with E-state index in [1.807, 2.05) is 0 Å². The van der Waals surface area contributed by atoms with Crippen LogP contribution >= 0.6 is 37.9 Å². The Morgan fingerprint density at radius 1 is 0.408 bits per heavy atom. The van der Waals surface area contributed by atoms with Gasteiger partial charge in [0.1, 0.15) is 58.9 Å². The lowest BCUT2D eigenvalue weighted by Crippen LogP contribution is -2.31. The van der Waals surface area contributed by atoms with E-state index in [0.717, 1.165) is 12.8 Å². The molecule has 0 heterocycles. The molecule has 0 aromatic rings. The molecular formula is C85H177N3O39S3. The van der Waals surface area contributed by atoms with Crippen LogP contribution in [-0.4, -0.2) is 266 Å². The van der Waals surface area contributed by atoms with Gasteiger partial charge < -0.3 is 110 Å². The Morgan fingerprint density at radius 2 is 0.669 bits per heavy atom. The van der Waals surface area contributed by atoms with Crippen molar-refractivity contribution in [2.75, 3.05) is 77.2 Å². The van der Waals surface area contributed by atoms with Gasteiger partial charge >= 0.3 is 113 Å². The molecule has 0 radical (unpaired) electrons. The van der Waals surface area contributed by atoms with Gasteiger partial charge in [0.05, 0.1) is 48.5 Å². The summed E-state index contributed by atoms with van der Waals surface area (Å²) in [6.07, 6.45) is 6.29. The average Bonchev–Trinajstić information content (AvgIpc) is 1.86. The summed E-state index contributed by atoms with van der Waals surface area (Å²) in [4.78, 5) is 197. The summed E-state index contributed by atoms with van der Waals surface area (Å²) < 4.78 is 52.0. The van der Waals surface area contributed by atoms with Crippen LogP contribution in [0, 0.1) is 23.2 Å². The lowest BCUT2D eigenvalue weighted by Gasteiger charge is -2.17. The Bertz CT molecular complexity index is 2730. The second-order valence-electron chi connectivity index (χ2n) is 23.6. The summed E-state index contributed by atoms with van der Waals surface area (Å²) in [5, 5.41) is 79.5. The number of nitrogens with two attached hydrogens (primary N) is 2. The van der Waals surface area contributed by atoms with Gasteiger partial charge in [-0.25, -0.2) is 14.4 Å². The van der Waals surface area contributed by atoms with Gasteiger partial charge in [-0.15, -0.1) is 0 Å². The van der Waals surface area contributed by atoms with Crippen LogP contribution in [0.25, 0.3) is 0 Å². The first-order chi connectivity index (χ1) is 55.0. The van der Waals surface area contributed by atoms with Gasteiger partial charge in [-0.05, 0) is 46.5 Å². The van der Waals surface area contributed by atoms with Crippen molar-refractivity contribution in [3.63, 3.8) is 0 Å². The summed E-state index contributed by atoms with van der Waals surface area (Å²) in [7, 11) is 1.38. The lowest BCUT2D eigenvalue weighted by atomic mass is 9.99. The van der Waals surface area contributed by atoms with Crippen LogP contribution in [0.1, 0.15) is 303 Å². The van der Waals surface area contributed by atoms with E-state index in [0.29, 0.717) is 50.5 Å². The van der Waals surface area contributed by atoms with E-state index in [9.17, 15) is 91.1 Å². The molecule has 14 N–H and O–H groups in total. The molecule has 0 aromatic carbocycles. The minimum Gasteiger partial charge on any atom is -0.481 e. The largest absolute Gasteiger partial charge is 0.481 e. The molecule has 0 bridgehead atoms. The highest BCUT2D eigenvalue weighted by molar-refractivity contribution is 7.81. The number of hydrogen-bond donors (Lipinski definition) is 15. The zero-order valence-corrected chi connectivity index (χ0v) is 74.4. The van der Waals surface area contributed by atoms with Crippen LogP contribution in [0.15, 0.2) is 11.6 Å². The number of carboxylic acids is 8. The first-order valence-electron chi connectivity index (χ1n) is 36.8. The van der Waals surface area contributed by atoms with Gasteiger partial charge in [-0.3, -0.25) is 82.1 Å². The normalized spacial score (nSPS) is 9.69. The summed E-state index contributed by atoms with van der Waals surface area (Å²) in [5.74, 6) is -12.7. The molecule has 0 aliphatic heterocycles. The number of aliphatic hydroxyl groups is 1. The molecule has 0 rings (SSSR count). The molecule has 0 fully saturated rings. The molecule has 0 aliphatic carbocycles. The van der Waals surface area contributed by atoms with Crippen molar-refractivity contribution in [1.29, 1.82) is 5.41 Å². The third kappa shape index (κ3) is 172. The molecule has 0 amide bonds. The summed E-state index contributed by atoms with van der Waals surface area (Å²) in [6.45, 7) is 29.3. The summed E-state index contributed by atoms with van der Waals surface area (Å²) in [6, 6.07) is -0.681. The molecular weight excluding hydrogens is 1780 g/mol. The van der Waals surface area contributed by atoms with Crippen LogP contribution in [0.5, 0.6) is 0 Å². The number of rotatable bonds is 42. The van der Waals surface area contributed by atoms with Crippen LogP contribution in [-0.2, 0) is 143 Å². The zero-order valence-electron chi connectivity index (χ0n) is 71.7. The highest BCUT2D eigenvalue weighted by Gasteiger charge is 2.23. The standard InChI is InChI=1S/C12H20O6.C10H16O6S2.C9H18O2.C8H14O4.C7H12O4S.C5H8O4.C5H6O4.C4H9NO2.C4H8O3.2C4H8O2.C2H6N2.11CH4/c1-4-10(13)16-7-9(18-12(15)6-3)8-17-11(14)5-2;1-2-8(11)14-3-7(16-10(13)6-18)4-15-9(12)5-17;1-3-5-8(2)6-4-7-9(10)11;1-3-7(9)11-5-6-12-8(10)4-2;1-2-6(8)10-3-4-11-7(9)5-12;2*1-3(5(8)9)2-4(6)7;1-2-3(5)4(6)7;1-4(2,7)3(5)6;1-3-4(5)6-2;1-3(2)4(5)6;1-2(3)4;;;;;;;;;;;/h9H,4-8H2,1-3H3;7,17-18H,2-6H2,1H3;8H,3-7H2,1-2H3,(H,10,11);3-6H2,1-2H3;12H,2-5H2,1H3;3H,2H2,1H3,(H,6,7)(H,8,9);2H,1H3,(H,6,7)(H,8,9);3H,2,5H2,1H3,(H,6,7);7H,1-2H3,(H,5,6);3H2,1-2H3;3H,1-2H3,(H,5,6);1H3,(H3,3,4);11*1H4/b;;;;;;3-2-;;;;;;;;;;;;;;;;. The number of amidine groups is 1. The second kappa shape index (κ2) is 125. The van der Waals surface area contributed by atoms with Gasteiger partial charge in [0.15, 0.2) is 17.8 Å². The molecule has 0 aliphatic rings. The fourth-order valence-electron chi connectivity index (χ4n) is 4.95. The summed E-state index contributed by atoms with van der Waals surface area (Å²) in [5.41, 5.74) is 7.95. The second-order valence-corrected chi connectivity index (χ2v) is 24.5. The van der Waals surface area contributed by atoms with E-state index in [-0.39, 0.29) is 225 Å². The smallest absolute Gasteiger partial charge is 0.335 e. The number of carbonyl (C=O) groups excluding carboxylic acids is 11. The highest BCUT2D eigenvalue weighted by atomic mass is 32.1. The van der Waals surface area contributed by atoms with Gasteiger partial charge in [-0.1, -0.05) is 198 Å². The van der Waals surface area contributed by atoms with Gasteiger partial charge in [0.25, 0.3) is 0 Å². The molecule has 0 saturated carbocycles. The van der Waals surface area contributed by atoms with E-state index in [2.05, 4.69) is 75.4 Å². The quantitative estimate of drug-likeness (QED) is 0.00513. The number of carbonyl (C=O) groups is 19. The Balaban J connectivity index is -0.0000000463. The Morgan fingerprint density at radius 3 is 0.838 bits per heavy atom. The SMILES string of the molecule is C.C.C.C.C.C.C.C.C.C.C.C/C(=C/C(=O)O)C(=O)O.CC(=N)N.CC(C)(O)C(=O)O.CC(C)C(=O)O.CC(CC(=O)O)C(=O)O.CCC(=O)OC.CCC(=O)OCC(COC(=O)CC)OC(=O)CC.CCC(=O)OCC(COC(=O)CS)OC(=O)CS.CCC(=O)OCCOC(=O)CC.CCC(=O)OCCOC(=O)CS.CCC(N)C(=O)O.CCCC(C)CCCC(=O)O.